The van der Waals surface area contributed by atoms with Crippen LogP contribution in [0.25, 0.3) is 0 Å². The highest BCUT2D eigenvalue weighted by Crippen LogP contribution is 2.31. The maximum absolute atomic E-state index is 14.0. The van der Waals surface area contributed by atoms with E-state index in [0.717, 1.165) is 25.6 Å². The van der Waals surface area contributed by atoms with Gasteiger partial charge in [0.05, 0.1) is 7.11 Å². The second-order valence-electron chi connectivity index (χ2n) is 5.87. The van der Waals surface area contributed by atoms with E-state index in [-0.39, 0.29) is 11.9 Å². The van der Waals surface area contributed by atoms with Crippen molar-refractivity contribution in [3.63, 3.8) is 0 Å². The summed E-state index contributed by atoms with van der Waals surface area (Å²) in [7, 11) is 1.56. The van der Waals surface area contributed by atoms with Crippen molar-refractivity contribution in [1.82, 2.24) is 4.90 Å². The lowest BCUT2D eigenvalue weighted by molar-refractivity contribution is 0.248. The zero-order valence-corrected chi connectivity index (χ0v) is 13.1. The maximum atomic E-state index is 14.0. The quantitative estimate of drug-likeness (QED) is 0.757. The molecule has 1 aliphatic rings. The van der Waals surface area contributed by atoms with E-state index < -0.39 is 0 Å². The largest absolute Gasteiger partial charge is 0.496 e. The second-order valence-corrected chi connectivity index (χ2v) is 5.87. The first-order chi connectivity index (χ1) is 10.2. The summed E-state index contributed by atoms with van der Waals surface area (Å²) >= 11 is 0. The molecule has 1 aromatic carbocycles. The summed E-state index contributed by atoms with van der Waals surface area (Å²) in [6.07, 6.45) is 5.77. The SMILES string of the molecule is CCCCN(CCC(N)c1c(F)cccc1OC)C1CC1. The van der Waals surface area contributed by atoms with E-state index in [1.165, 1.54) is 31.7 Å². The summed E-state index contributed by atoms with van der Waals surface area (Å²) in [6.45, 7) is 4.27. The van der Waals surface area contributed by atoms with Crippen LogP contribution < -0.4 is 10.5 Å². The molecule has 1 fully saturated rings. The Bertz CT molecular complexity index is 448. The van der Waals surface area contributed by atoms with E-state index in [4.69, 9.17) is 10.5 Å². The molecule has 0 aromatic heterocycles. The van der Waals surface area contributed by atoms with Gasteiger partial charge in [-0.2, -0.15) is 0 Å². The molecule has 1 unspecified atom stereocenters. The van der Waals surface area contributed by atoms with E-state index >= 15 is 0 Å². The number of halogens is 1. The van der Waals surface area contributed by atoms with Crippen LogP contribution >= 0.6 is 0 Å². The first-order valence-corrected chi connectivity index (χ1v) is 7.99. The average molecular weight is 294 g/mol. The number of nitrogens with zero attached hydrogens (tertiary/aromatic N) is 1. The van der Waals surface area contributed by atoms with Gasteiger partial charge in [-0.1, -0.05) is 19.4 Å². The molecule has 1 atom stereocenters. The molecule has 0 radical (unpaired) electrons. The van der Waals surface area contributed by atoms with Gasteiger partial charge in [0.15, 0.2) is 0 Å². The zero-order chi connectivity index (χ0) is 15.2. The maximum Gasteiger partial charge on any atom is 0.131 e. The summed E-state index contributed by atoms with van der Waals surface area (Å²) in [6, 6.07) is 5.29. The molecule has 1 saturated carbocycles. The molecule has 118 valence electrons. The lowest BCUT2D eigenvalue weighted by Crippen LogP contribution is -2.30. The number of ether oxygens (including phenoxy) is 1. The highest BCUT2D eigenvalue weighted by Gasteiger charge is 2.29. The Morgan fingerprint density at radius 1 is 1.38 bits per heavy atom. The summed E-state index contributed by atoms with van der Waals surface area (Å²) in [5, 5.41) is 0. The third kappa shape index (κ3) is 4.42. The number of methoxy groups -OCH3 is 1. The molecule has 0 saturated heterocycles. The van der Waals surface area contributed by atoms with Crippen LogP contribution in [-0.4, -0.2) is 31.1 Å². The third-order valence-corrected chi connectivity index (χ3v) is 4.19. The van der Waals surface area contributed by atoms with Crippen molar-refractivity contribution in [3.05, 3.63) is 29.6 Å². The minimum absolute atomic E-state index is 0.270. The van der Waals surface area contributed by atoms with Crippen LogP contribution in [0.2, 0.25) is 0 Å². The molecular formula is C17H27FN2O. The van der Waals surface area contributed by atoms with E-state index in [1.54, 1.807) is 19.2 Å². The smallest absolute Gasteiger partial charge is 0.131 e. The minimum Gasteiger partial charge on any atom is -0.496 e. The van der Waals surface area contributed by atoms with Crippen LogP contribution in [0.15, 0.2) is 18.2 Å². The lowest BCUT2D eigenvalue weighted by atomic mass is 10.0. The molecule has 21 heavy (non-hydrogen) atoms. The lowest BCUT2D eigenvalue weighted by Gasteiger charge is -2.24. The van der Waals surface area contributed by atoms with Gasteiger partial charge in [0, 0.05) is 24.2 Å². The molecule has 1 aliphatic carbocycles. The molecule has 2 N–H and O–H groups in total. The van der Waals surface area contributed by atoms with Crippen LogP contribution in [0.1, 0.15) is 50.6 Å². The van der Waals surface area contributed by atoms with Gasteiger partial charge < -0.3 is 15.4 Å². The van der Waals surface area contributed by atoms with E-state index in [1.807, 2.05) is 0 Å². The van der Waals surface area contributed by atoms with Gasteiger partial charge in [0.25, 0.3) is 0 Å². The van der Waals surface area contributed by atoms with Crippen LogP contribution in [-0.2, 0) is 0 Å². The minimum atomic E-state index is -0.316. The van der Waals surface area contributed by atoms with E-state index in [2.05, 4.69) is 11.8 Å². The molecule has 1 aromatic rings. The molecule has 0 bridgehead atoms. The number of hydrogen-bond donors (Lipinski definition) is 1. The Morgan fingerprint density at radius 2 is 2.14 bits per heavy atom. The van der Waals surface area contributed by atoms with Crippen molar-refractivity contribution in [1.29, 1.82) is 0 Å². The van der Waals surface area contributed by atoms with Gasteiger partial charge in [0.1, 0.15) is 11.6 Å². The zero-order valence-electron chi connectivity index (χ0n) is 13.1. The average Bonchev–Trinajstić information content (AvgIpc) is 3.31. The normalized spacial score (nSPS) is 16.2. The fraction of sp³-hybridized carbons (Fsp3) is 0.647. The van der Waals surface area contributed by atoms with Gasteiger partial charge in [-0.05, 0) is 44.4 Å². The molecule has 2 rings (SSSR count). The Balaban J connectivity index is 1.95. The highest BCUT2D eigenvalue weighted by molar-refractivity contribution is 5.37. The van der Waals surface area contributed by atoms with Crippen molar-refractivity contribution in [2.24, 2.45) is 5.73 Å². The number of unbranched alkanes of at least 4 members (excludes halogenated alkanes) is 1. The Morgan fingerprint density at radius 3 is 2.76 bits per heavy atom. The summed E-state index contributed by atoms with van der Waals surface area (Å²) in [5.41, 5.74) is 6.73. The Hall–Kier alpha value is -1.13. The number of benzene rings is 1. The van der Waals surface area contributed by atoms with Crippen LogP contribution in [0, 0.1) is 5.82 Å². The standard InChI is InChI=1S/C17H27FN2O/c1-3-4-11-20(13-8-9-13)12-10-15(19)17-14(18)6-5-7-16(17)21-2/h5-7,13,15H,3-4,8-12,19H2,1-2H3. The molecule has 0 heterocycles. The van der Waals surface area contributed by atoms with Gasteiger partial charge in [0.2, 0.25) is 0 Å². The van der Waals surface area contributed by atoms with Crippen molar-refractivity contribution < 1.29 is 9.13 Å². The van der Waals surface area contributed by atoms with Crippen molar-refractivity contribution in [2.45, 2.75) is 51.1 Å². The monoisotopic (exact) mass is 294 g/mol. The highest BCUT2D eigenvalue weighted by atomic mass is 19.1. The van der Waals surface area contributed by atoms with Crippen LogP contribution in [0.3, 0.4) is 0 Å². The summed E-state index contributed by atoms with van der Waals surface area (Å²) in [4.78, 5) is 2.51. The van der Waals surface area contributed by atoms with E-state index in [0.29, 0.717) is 11.3 Å². The van der Waals surface area contributed by atoms with Crippen LogP contribution in [0.5, 0.6) is 5.75 Å². The molecular weight excluding hydrogens is 267 g/mol. The predicted molar refractivity (Wildman–Crippen MR) is 84.0 cm³/mol. The Kier molecular flexibility index (Phi) is 6.00. The summed E-state index contributed by atoms with van der Waals surface area (Å²) < 4.78 is 19.3. The van der Waals surface area contributed by atoms with Gasteiger partial charge >= 0.3 is 0 Å². The predicted octanol–water partition coefficient (Wildman–Crippen LogP) is 3.49. The number of rotatable bonds is 9. The van der Waals surface area contributed by atoms with Crippen molar-refractivity contribution in [3.8, 4) is 5.75 Å². The topological polar surface area (TPSA) is 38.5 Å². The van der Waals surface area contributed by atoms with Gasteiger partial charge in [-0.25, -0.2) is 4.39 Å². The molecule has 3 nitrogen and oxygen atoms in total. The van der Waals surface area contributed by atoms with Crippen molar-refractivity contribution in [2.75, 3.05) is 20.2 Å². The number of nitrogens with two attached hydrogens (primary N) is 1. The van der Waals surface area contributed by atoms with Gasteiger partial charge in [-0.3, -0.25) is 0 Å². The Labute approximate surface area is 127 Å². The van der Waals surface area contributed by atoms with E-state index in [9.17, 15) is 4.39 Å². The fourth-order valence-electron chi connectivity index (χ4n) is 2.78. The van der Waals surface area contributed by atoms with Gasteiger partial charge in [-0.15, -0.1) is 0 Å². The number of hydrogen-bond acceptors (Lipinski definition) is 3. The molecule has 0 spiro atoms. The first kappa shape index (κ1) is 16.2. The second kappa shape index (κ2) is 7.76. The fourth-order valence-corrected chi connectivity index (χ4v) is 2.78. The molecule has 4 heteroatoms. The van der Waals surface area contributed by atoms with Crippen LogP contribution in [0.4, 0.5) is 4.39 Å². The molecule has 0 amide bonds. The van der Waals surface area contributed by atoms with Crippen molar-refractivity contribution >= 4 is 0 Å². The first-order valence-electron chi connectivity index (χ1n) is 7.99. The molecule has 0 aliphatic heterocycles. The third-order valence-electron chi connectivity index (χ3n) is 4.19. The summed E-state index contributed by atoms with van der Waals surface area (Å²) in [5.74, 6) is 0.280.